The Kier molecular flexibility index (Phi) is 3.91. The number of aliphatic hydroxyl groups is 1. The van der Waals surface area contributed by atoms with Crippen molar-refractivity contribution in [3.05, 3.63) is 0 Å². The SMILES string of the molecule is CCC(C)OC1CC2CC1C(C(C)(O)C(F)(F)F)C2. The Hall–Kier alpha value is -0.290. The molecule has 0 heterocycles. The number of ether oxygens (including phenoxy) is 1. The molecule has 112 valence electrons. The maximum atomic E-state index is 13.0. The standard InChI is InChI=1S/C14H23F3O2/c1-4-8(2)19-12-7-9-5-10(12)11(6-9)13(3,18)14(15,16)17/h8-12,18H,4-7H2,1-3H3. The number of halogens is 3. The van der Waals surface area contributed by atoms with E-state index in [1.165, 1.54) is 0 Å². The summed E-state index contributed by atoms with van der Waals surface area (Å²) in [6, 6.07) is 0. The Balaban J connectivity index is 2.09. The minimum absolute atomic E-state index is 0.0702. The summed E-state index contributed by atoms with van der Waals surface area (Å²) in [6.07, 6.45) is -1.68. The van der Waals surface area contributed by atoms with Crippen LogP contribution in [0.15, 0.2) is 0 Å². The van der Waals surface area contributed by atoms with E-state index in [2.05, 4.69) is 0 Å². The van der Waals surface area contributed by atoms with Crippen molar-refractivity contribution in [2.24, 2.45) is 17.8 Å². The highest BCUT2D eigenvalue weighted by atomic mass is 19.4. The normalized spacial score (nSPS) is 39.3. The number of hydrogen-bond donors (Lipinski definition) is 1. The first-order chi connectivity index (χ1) is 8.66. The van der Waals surface area contributed by atoms with Gasteiger partial charge < -0.3 is 9.84 Å². The molecule has 0 aliphatic heterocycles. The van der Waals surface area contributed by atoms with Crippen LogP contribution < -0.4 is 0 Å². The van der Waals surface area contributed by atoms with Gasteiger partial charge in [0.2, 0.25) is 0 Å². The molecule has 0 aromatic heterocycles. The number of hydrogen-bond acceptors (Lipinski definition) is 2. The average Bonchev–Trinajstić information content (AvgIpc) is 2.86. The zero-order valence-electron chi connectivity index (χ0n) is 11.7. The van der Waals surface area contributed by atoms with E-state index in [4.69, 9.17) is 4.74 Å². The lowest BCUT2D eigenvalue weighted by molar-refractivity contribution is -0.281. The van der Waals surface area contributed by atoms with Gasteiger partial charge in [0, 0.05) is 5.92 Å². The van der Waals surface area contributed by atoms with Gasteiger partial charge in [0.1, 0.15) is 0 Å². The van der Waals surface area contributed by atoms with Crippen molar-refractivity contribution < 1.29 is 23.0 Å². The highest BCUT2D eigenvalue weighted by Gasteiger charge is 2.62. The summed E-state index contributed by atoms with van der Waals surface area (Å²) >= 11 is 0. The summed E-state index contributed by atoms with van der Waals surface area (Å²) in [4.78, 5) is 0. The van der Waals surface area contributed by atoms with Crippen LogP contribution in [-0.2, 0) is 4.74 Å². The monoisotopic (exact) mass is 280 g/mol. The van der Waals surface area contributed by atoms with E-state index in [1.807, 2.05) is 13.8 Å². The maximum absolute atomic E-state index is 13.0. The smallest absolute Gasteiger partial charge is 0.380 e. The molecule has 6 unspecified atom stereocenters. The Morgan fingerprint density at radius 3 is 2.37 bits per heavy atom. The fourth-order valence-corrected chi connectivity index (χ4v) is 3.69. The summed E-state index contributed by atoms with van der Waals surface area (Å²) < 4.78 is 44.8. The van der Waals surface area contributed by atoms with Crippen LogP contribution in [0, 0.1) is 17.8 Å². The highest BCUT2D eigenvalue weighted by molar-refractivity contribution is 5.05. The Labute approximate surface area is 112 Å². The fraction of sp³-hybridized carbons (Fsp3) is 1.00. The lowest BCUT2D eigenvalue weighted by Gasteiger charge is -2.40. The summed E-state index contributed by atoms with van der Waals surface area (Å²) in [5.74, 6) is -0.603. The van der Waals surface area contributed by atoms with Gasteiger partial charge >= 0.3 is 6.18 Å². The van der Waals surface area contributed by atoms with Crippen LogP contribution in [0.3, 0.4) is 0 Å². The molecule has 19 heavy (non-hydrogen) atoms. The minimum Gasteiger partial charge on any atom is -0.380 e. The number of rotatable bonds is 4. The molecule has 2 rings (SSSR count). The largest absolute Gasteiger partial charge is 0.417 e. The molecule has 0 aromatic carbocycles. The molecular weight excluding hydrogens is 257 g/mol. The van der Waals surface area contributed by atoms with Gasteiger partial charge in [-0.05, 0) is 51.4 Å². The lowest BCUT2D eigenvalue weighted by atomic mass is 9.75. The third-order valence-corrected chi connectivity index (χ3v) is 5.03. The zero-order chi connectivity index (χ0) is 14.4. The predicted molar refractivity (Wildman–Crippen MR) is 65.6 cm³/mol. The molecule has 0 aromatic rings. The molecule has 0 saturated heterocycles. The van der Waals surface area contributed by atoms with E-state index in [-0.39, 0.29) is 24.0 Å². The van der Waals surface area contributed by atoms with Crippen molar-refractivity contribution in [3.63, 3.8) is 0 Å². The van der Waals surface area contributed by atoms with Crippen LogP contribution in [-0.4, -0.2) is 29.1 Å². The van der Waals surface area contributed by atoms with Gasteiger partial charge in [-0.1, -0.05) is 6.92 Å². The third-order valence-electron chi connectivity index (χ3n) is 5.03. The number of alkyl halides is 3. The summed E-state index contributed by atoms with van der Waals surface area (Å²) in [7, 11) is 0. The van der Waals surface area contributed by atoms with E-state index in [1.54, 1.807) is 0 Å². The Morgan fingerprint density at radius 1 is 1.26 bits per heavy atom. The molecule has 6 atom stereocenters. The van der Waals surface area contributed by atoms with Crippen LogP contribution in [0.4, 0.5) is 13.2 Å². The second kappa shape index (κ2) is 4.92. The van der Waals surface area contributed by atoms with E-state index >= 15 is 0 Å². The van der Waals surface area contributed by atoms with Crippen molar-refractivity contribution in [1.82, 2.24) is 0 Å². The third kappa shape index (κ3) is 2.64. The maximum Gasteiger partial charge on any atom is 0.417 e. The highest BCUT2D eigenvalue weighted by Crippen LogP contribution is 2.56. The van der Waals surface area contributed by atoms with E-state index in [0.717, 1.165) is 26.2 Å². The Bertz CT molecular complexity index is 327. The quantitative estimate of drug-likeness (QED) is 0.853. The van der Waals surface area contributed by atoms with Gasteiger partial charge in [0.15, 0.2) is 5.60 Å². The molecule has 0 radical (unpaired) electrons. The van der Waals surface area contributed by atoms with Crippen molar-refractivity contribution in [1.29, 1.82) is 0 Å². The van der Waals surface area contributed by atoms with Crippen LogP contribution in [0.1, 0.15) is 46.5 Å². The second-order valence-corrected chi connectivity index (χ2v) is 6.38. The molecule has 2 aliphatic carbocycles. The Morgan fingerprint density at radius 2 is 1.89 bits per heavy atom. The molecule has 1 N–H and O–H groups in total. The second-order valence-electron chi connectivity index (χ2n) is 6.38. The first-order valence-electron chi connectivity index (χ1n) is 7.11. The van der Waals surface area contributed by atoms with Gasteiger partial charge in [-0.2, -0.15) is 13.2 Å². The van der Waals surface area contributed by atoms with Gasteiger partial charge in [-0.3, -0.25) is 0 Å². The van der Waals surface area contributed by atoms with Crippen molar-refractivity contribution in [2.45, 2.75) is 70.4 Å². The lowest BCUT2D eigenvalue weighted by Crippen LogP contribution is -2.52. The molecule has 0 amide bonds. The molecule has 2 nitrogen and oxygen atoms in total. The molecule has 2 fully saturated rings. The fourth-order valence-electron chi connectivity index (χ4n) is 3.69. The molecular formula is C14H23F3O2. The van der Waals surface area contributed by atoms with E-state index < -0.39 is 17.7 Å². The van der Waals surface area contributed by atoms with Crippen molar-refractivity contribution in [2.75, 3.05) is 0 Å². The molecule has 2 saturated carbocycles. The van der Waals surface area contributed by atoms with Gasteiger partial charge in [-0.25, -0.2) is 0 Å². The first kappa shape index (κ1) is 15.1. The van der Waals surface area contributed by atoms with E-state index in [0.29, 0.717) is 6.42 Å². The van der Waals surface area contributed by atoms with Crippen LogP contribution in [0.5, 0.6) is 0 Å². The summed E-state index contributed by atoms with van der Waals surface area (Å²) in [6.45, 7) is 4.86. The topological polar surface area (TPSA) is 29.5 Å². The van der Waals surface area contributed by atoms with Gasteiger partial charge in [0.05, 0.1) is 12.2 Å². The van der Waals surface area contributed by atoms with Crippen LogP contribution >= 0.6 is 0 Å². The van der Waals surface area contributed by atoms with Crippen LogP contribution in [0.25, 0.3) is 0 Å². The molecule has 2 aliphatic rings. The van der Waals surface area contributed by atoms with E-state index in [9.17, 15) is 18.3 Å². The summed E-state index contributed by atoms with van der Waals surface area (Å²) in [5, 5.41) is 9.90. The number of fused-ring (bicyclic) bond motifs is 2. The van der Waals surface area contributed by atoms with Gasteiger partial charge in [-0.15, -0.1) is 0 Å². The zero-order valence-corrected chi connectivity index (χ0v) is 11.7. The van der Waals surface area contributed by atoms with Crippen LogP contribution in [0.2, 0.25) is 0 Å². The molecule has 2 bridgehead atoms. The molecule has 5 heteroatoms. The van der Waals surface area contributed by atoms with Gasteiger partial charge in [0.25, 0.3) is 0 Å². The predicted octanol–water partition coefficient (Wildman–Crippen LogP) is 3.53. The van der Waals surface area contributed by atoms with Crippen molar-refractivity contribution >= 4 is 0 Å². The first-order valence-corrected chi connectivity index (χ1v) is 7.11. The summed E-state index contributed by atoms with van der Waals surface area (Å²) in [5.41, 5.74) is -2.59. The molecule has 0 spiro atoms. The average molecular weight is 280 g/mol. The minimum atomic E-state index is -4.57. The van der Waals surface area contributed by atoms with Crippen molar-refractivity contribution in [3.8, 4) is 0 Å².